The van der Waals surface area contributed by atoms with E-state index in [4.69, 9.17) is 26.4 Å². The van der Waals surface area contributed by atoms with Crippen LogP contribution in [0.5, 0.6) is 11.5 Å². The number of aromatic amines is 1. The van der Waals surface area contributed by atoms with Gasteiger partial charge < -0.3 is 29.4 Å². The van der Waals surface area contributed by atoms with Crippen molar-refractivity contribution in [1.82, 2.24) is 15.2 Å². The molecule has 1 atom stereocenters. The number of hydrogen-bond acceptors (Lipinski definition) is 5. The molecule has 0 bridgehead atoms. The zero-order valence-electron chi connectivity index (χ0n) is 19.4. The first-order valence-electron chi connectivity index (χ1n) is 10.9. The highest BCUT2D eigenvalue weighted by atomic mass is 32.1. The SMILES string of the molecule is COCCNC(=S)N1CCc2cc(OC)c(OC)cc2C1c1cc2cc(C)ccc2[nH]c1=O. The molecular weight excluding hydrogens is 438 g/mol. The van der Waals surface area contributed by atoms with Crippen molar-refractivity contribution >= 4 is 28.2 Å². The molecular formula is C25H29N3O4S. The Morgan fingerprint density at radius 1 is 1.12 bits per heavy atom. The van der Waals surface area contributed by atoms with Crippen LogP contribution in [0.3, 0.4) is 0 Å². The summed E-state index contributed by atoms with van der Waals surface area (Å²) in [5, 5.41) is 4.83. The second-order valence-corrected chi connectivity index (χ2v) is 8.51. The van der Waals surface area contributed by atoms with Gasteiger partial charge in [-0.05, 0) is 72.4 Å². The Balaban J connectivity index is 1.88. The van der Waals surface area contributed by atoms with Crippen molar-refractivity contribution in [3.05, 3.63) is 69.0 Å². The molecule has 0 radical (unpaired) electrons. The number of pyridine rings is 1. The van der Waals surface area contributed by atoms with Gasteiger partial charge in [0.25, 0.3) is 5.56 Å². The monoisotopic (exact) mass is 467 g/mol. The number of methoxy groups -OCH3 is 3. The predicted octanol–water partition coefficient (Wildman–Crippen LogP) is 3.32. The topological polar surface area (TPSA) is 75.8 Å². The van der Waals surface area contributed by atoms with Gasteiger partial charge in [-0.3, -0.25) is 4.79 Å². The minimum atomic E-state index is -0.371. The van der Waals surface area contributed by atoms with E-state index < -0.39 is 0 Å². The van der Waals surface area contributed by atoms with Crippen LogP contribution in [-0.4, -0.2) is 56.0 Å². The number of thiocarbonyl (C=S) groups is 1. The highest BCUT2D eigenvalue weighted by Crippen LogP contribution is 2.40. The van der Waals surface area contributed by atoms with Crippen molar-refractivity contribution in [3.8, 4) is 11.5 Å². The number of benzene rings is 2. The summed E-state index contributed by atoms with van der Waals surface area (Å²) in [7, 11) is 4.89. The average molecular weight is 468 g/mol. The van der Waals surface area contributed by atoms with Gasteiger partial charge in [0.1, 0.15) is 0 Å². The van der Waals surface area contributed by atoms with Crippen molar-refractivity contribution in [3.63, 3.8) is 0 Å². The van der Waals surface area contributed by atoms with E-state index in [9.17, 15) is 4.79 Å². The van der Waals surface area contributed by atoms with Crippen LogP contribution < -0.4 is 20.3 Å². The summed E-state index contributed by atoms with van der Waals surface area (Å²) in [6, 6.07) is 11.6. The lowest BCUT2D eigenvalue weighted by Crippen LogP contribution is -2.47. The maximum atomic E-state index is 13.3. The van der Waals surface area contributed by atoms with Crippen molar-refractivity contribution in [2.75, 3.05) is 41.0 Å². The molecule has 33 heavy (non-hydrogen) atoms. The zero-order chi connectivity index (χ0) is 23.5. The molecule has 0 saturated carbocycles. The minimum absolute atomic E-state index is 0.135. The van der Waals surface area contributed by atoms with E-state index in [0.29, 0.717) is 41.9 Å². The molecule has 7 nitrogen and oxygen atoms in total. The molecule has 2 heterocycles. The van der Waals surface area contributed by atoms with E-state index in [1.807, 2.05) is 37.3 Å². The van der Waals surface area contributed by atoms with E-state index in [1.54, 1.807) is 21.3 Å². The number of hydrogen-bond donors (Lipinski definition) is 2. The number of H-pyrrole nitrogens is 1. The Bertz CT molecular complexity index is 1240. The molecule has 0 saturated heterocycles. The van der Waals surface area contributed by atoms with Crippen LogP contribution in [0.4, 0.5) is 0 Å². The standard InChI is InChI=1S/C25H29N3O4S/c1-15-5-6-20-17(11-15)12-19(24(29)27-20)23-18-14-22(32-4)21(31-3)13-16(18)7-9-28(23)25(33)26-8-10-30-2/h5-6,11-14,23H,7-10H2,1-4H3,(H,26,33)(H,27,29). The van der Waals surface area contributed by atoms with Gasteiger partial charge in [-0.25, -0.2) is 0 Å². The van der Waals surface area contributed by atoms with Gasteiger partial charge in [0.15, 0.2) is 16.6 Å². The van der Waals surface area contributed by atoms with Crippen molar-refractivity contribution < 1.29 is 14.2 Å². The van der Waals surface area contributed by atoms with Crippen LogP contribution in [0.1, 0.15) is 28.3 Å². The molecule has 1 aromatic heterocycles. The molecule has 174 valence electrons. The molecule has 0 amide bonds. The lowest BCUT2D eigenvalue weighted by atomic mass is 9.88. The van der Waals surface area contributed by atoms with Crippen LogP contribution in [0.2, 0.25) is 0 Å². The molecule has 2 aromatic carbocycles. The summed E-state index contributed by atoms with van der Waals surface area (Å²) in [6.07, 6.45) is 0.767. The number of fused-ring (bicyclic) bond motifs is 2. The number of ether oxygens (including phenoxy) is 3. The van der Waals surface area contributed by atoms with Gasteiger partial charge >= 0.3 is 0 Å². The molecule has 1 unspecified atom stereocenters. The van der Waals surface area contributed by atoms with E-state index >= 15 is 0 Å². The van der Waals surface area contributed by atoms with Crippen LogP contribution in [0.15, 0.2) is 41.2 Å². The van der Waals surface area contributed by atoms with Crippen LogP contribution in [-0.2, 0) is 11.2 Å². The molecule has 1 aliphatic heterocycles. The summed E-state index contributed by atoms with van der Waals surface area (Å²) < 4.78 is 16.3. The van der Waals surface area contributed by atoms with Crippen molar-refractivity contribution in [1.29, 1.82) is 0 Å². The summed E-state index contributed by atoms with van der Waals surface area (Å²) >= 11 is 5.75. The Kier molecular flexibility index (Phi) is 6.85. The third-order valence-corrected chi connectivity index (χ3v) is 6.42. The third kappa shape index (κ3) is 4.54. The highest BCUT2D eigenvalue weighted by Gasteiger charge is 2.33. The molecule has 2 N–H and O–H groups in total. The normalized spacial score (nSPS) is 15.3. The fraction of sp³-hybridized carbons (Fsp3) is 0.360. The smallest absolute Gasteiger partial charge is 0.254 e. The molecule has 0 spiro atoms. The molecule has 0 aliphatic carbocycles. The van der Waals surface area contributed by atoms with Gasteiger partial charge in [-0.2, -0.15) is 0 Å². The van der Waals surface area contributed by atoms with Crippen LogP contribution >= 0.6 is 12.2 Å². The van der Waals surface area contributed by atoms with Crippen molar-refractivity contribution in [2.45, 2.75) is 19.4 Å². The zero-order valence-corrected chi connectivity index (χ0v) is 20.2. The quantitative estimate of drug-likeness (QED) is 0.425. The second kappa shape index (κ2) is 9.80. The fourth-order valence-electron chi connectivity index (χ4n) is 4.41. The predicted molar refractivity (Wildman–Crippen MR) is 134 cm³/mol. The Labute approximate surface area is 198 Å². The maximum absolute atomic E-state index is 13.3. The number of aryl methyl sites for hydroxylation is 1. The lowest BCUT2D eigenvalue weighted by Gasteiger charge is -2.39. The van der Waals surface area contributed by atoms with E-state index in [2.05, 4.69) is 21.3 Å². The van der Waals surface area contributed by atoms with E-state index in [-0.39, 0.29) is 11.6 Å². The second-order valence-electron chi connectivity index (χ2n) is 8.12. The van der Waals surface area contributed by atoms with Gasteiger partial charge in [-0.1, -0.05) is 11.6 Å². The fourth-order valence-corrected chi connectivity index (χ4v) is 4.71. The summed E-state index contributed by atoms with van der Waals surface area (Å²) in [4.78, 5) is 18.4. The van der Waals surface area contributed by atoms with Crippen LogP contribution in [0.25, 0.3) is 10.9 Å². The average Bonchev–Trinajstić information content (AvgIpc) is 2.82. The third-order valence-electron chi connectivity index (χ3n) is 6.04. The lowest BCUT2D eigenvalue weighted by molar-refractivity contribution is 0.202. The summed E-state index contributed by atoms with van der Waals surface area (Å²) in [5.74, 6) is 1.29. The number of rotatable bonds is 6. The number of nitrogens with zero attached hydrogens (tertiary/aromatic N) is 1. The Morgan fingerprint density at radius 2 is 1.88 bits per heavy atom. The van der Waals surface area contributed by atoms with E-state index in [0.717, 1.165) is 34.0 Å². The van der Waals surface area contributed by atoms with E-state index in [1.165, 1.54) is 0 Å². The maximum Gasteiger partial charge on any atom is 0.254 e. The van der Waals surface area contributed by atoms with Crippen molar-refractivity contribution in [2.24, 2.45) is 0 Å². The van der Waals surface area contributed by atoms with Crippen LogP contribution in [0, 0.1) is 6.92 Å². The minimum Gasteiger partial charge on any atom is -0.493 e. The number of nitrogens with one attached hydrogen (secondary N) is 2. The van der Waals surface area contributed by atoms with Gasteiger partial charge in [0, 0.05) is 31.3 Å². The molecule has 8 heteroatoms. The first-order valence-corrected chi connectivity index (χ1v) is 11.3. The Hall–Kier alpha value is -3.10. The molecule has 1 aliphatic rings. The largest absolute Gasteiger partial charge is 0.493 e. The molecule has 3 aromatic rings. The molecule has 4 rings (SSSR count). The van der Waals surface area contributed by atoms with Gasteiger partial charge in [-0.15, -0.1) is 0 Å². The number of aromatic nitrogens is 1. The first-order chi connectivity index (χ1) is 16.0. The first kappa shape index (κ1) is 23.1. The summed E-state index contributed by atoms with van der Waals surface area (Å²) in [5.41, 5.74) is 4.53. The summed E-state index contributed by atoms with van der Waals surface area (Å²) in [6.45, 7) is 3.83. The van der Waals surface area contributed by atoms with Gasteiger partial charge in [0.05, 0.1) is 26.9 Å². The highest BCUT2D eigenvalue weighted by molar-refractivity contribution is 7.80. The Morgan fingerprint density at radius 3 is 2.61 bits per heavy atom. The molecule has 0 fully saturated rings. The van der Waals surface area contributed by atoms with Gasteiger partial charge in [0.2, 0.25) is 0 Å².